The second-order valence-corrected chi connectivity index (χ2v) is 6.88. The Balaban J connectivity index is 2.30. The van der Waals surface area contributed by atoms with Crippen LogP contribution in [0, 0.1) is 0 Å². The number of hydrogen-bond donors (Lipinski definition) is 1. The second kappa shape index (κ2) is 7.48. The normalized spacial score (nSPS) is 13.4. The van der Waals surface area contributed by atoms with Gasteiger partial charge in [-0.05, 0) is 44.9 Å². The van der Waals surface area contributed by atoms with Crippen LogP contribution in [0.15, 0.2) is 24.4 Å². The molecule has 1 unspecified atom stereocenters. The number of sulfone groups is 1. The van der Waals surface area contributed by atoms with Gasteiger partial charge in [-0.15, -0.1) is 0 Å². The van der Waals surface area contributed by atoms with Crippen molar-refractivity contribution in [3.63, 3.8) is 0 Å². The zero-order chi connectivity index (χ0) is 13.4. The quantitative estimate of drug-likeness (QED) is 0.776. The minimum atomic E-state index is -2.84. The largest absolute Gasteiger partial charge is 0.317 e. The Morgan fingerprint density at radius 3 is 2.67 bits per heavy atom. The number of hydrogen-bond acceptors (Lipinski definition) is 4. The lowest BCUT2D eigenvalue weighted by atomic mass is 10.0. The van der Waals surface area contributed by atoms with Gasteiger partial charge in [0.15, 0.2) is 0 Å². The number of aromatic nitrogens is 1. The lowest BCUT2D eigenvalue weighted by Gasteiger charge is -2.15. The third-order valence-corrected chi connectivity index (χ3v) is 3.98. The molecular formula is C13H22N2O2S. The molecule has 0 saturated heterocycles. The molecule has 0 fully saturated rings. The maximum atomic E-state index is 11.1. The molecule has 4 nitrogen and oxygen atoms in total. The van der Waals surface area contributed by atoms with Crippen LogP contribution in [0.2, 0.25) is 0 Å². The highest BCUT2D eigenvalue weighted by Gasteiger charge is 2.09. The van der Waals surface area contributed by atoms with Gasteiger partial charge in [0.05, 0.1) is 0 Å². The highest BCUT2D eigenvalue weighted by atomic mass is 32.2. The summed E-state index contributed by atoms with van der Waals surface area (Å²) in [5.41, 5.74) is 1.08. The van der Waals surface area contributed by atoms with E-state index >= 15 is 0 Å². The van der Waals surface area contributed by atoms with Crippen LogP contribution in [0.1, 0.15) is 25.0 Å². The number of aryl methyl sites for hydroxylation is 1. The Kier molecular flexibility index (Phi) is 6.29. The topological polar surface area (TPSA) is 59.1 Å². The van der Waals surface area contributed by atoms with Crippen LogP contribution >= 0.6 is 0 Å². The fourth-order valence-electron chi connectivity index (χ4n) is 1.89. The van der Waals surface area contributed by atoms with Crippen LogP contribution < -0.4 is 5.32 Å². The first kappa shape index (κ1) is 15.1. The molecule has 0 aliphatic carbocycles. The van der Waals surface area contributed by atoms with Crippen LogP contribution in [0.4, 0.5) is 0 Å². The van der Waals surface area contributed by atoms with Crippen molar-refractivity contribution in [1.29, 1.82) is 0 Å². The standard InChI is InChI=1S/C13H22N2O2S/c1-14-12(7-5-11-18(2,16)17)8-9-13-6-3-4-10-15-13/h3-4,6,10,12,14H,5,7-9,11H2,1-2H3. The summed E-state index contributed by atoms with van der Waals surface area (Å²) in [6.07, 6.45) is 6.59. The summed E-state index contributed by atoms with van der Waals surface area (Å²) in [6, 6.07) is 6.27. The molecular weight excluding hydrogens is 248 g/mol. The molecule has 0 spiro atoms. The summed E-state index contributed by atoms with van der Waals surface area (Å²) in [5.74, 6) is 0.273. The van der Waals surface area contributed by atoms with Crippen molar-refractivity contribution >= 4 is 9.84 Å². The van der Waals surface area contributed by atoms with Crippen LogP contribution in [0.5, 0.6) is 0 Å². The zero-order valence-electron chi connectivity index (χ0n) is 11.1. The summed E-state index contributed by atoms with van der Waals surface area (Å²) >= 11 is 0. The lowest BCUT2D eigenvalue weighted by molar-refractivity contribution is 0.480. The van der Waals surface area contributed by atoms with E-state index in [9.17, 15) is 8.42 Å². The van der Waals surface area contributed by atoms with Crippen molar-refractivity contribution in [3.05, 3.63) is 30.1 Å². The Bertz CT molecular complexity index is 432. The van der Waals surface area contributed by atoms with E-state index in [1.807, 2.05) is 25.2 Å². The smallest absolute Gasteiger partial charge is 0.147 e. The van der Waals surface area contributed by atoms with Crippen molar-refractivity contribution in [2.24, 2.45) is 0 Å². The van der Waals surface area contributed by atoms with Gasteiger partial charge in [0, 0.05) is 29.9 Å². The van der Waals surface area contributed by atoms with Gasteiger partial charge in [-0.3, -0.25) is 4.98 Å². The fraction of sp³-hybridized carbons (Fsp3) is 0.615. The highest BCUT2D eigenvalue weighted by molar-refractivity contribution is 7.90. The van der Waals surface area contributed by atoms with Gasteiger partial charge < -0.3 is 5.32 Å². The molecule has 1 rings (SSSR count). The van der Waals surface area contributed by atoms with E-state index in [1.54, 1.807) is 6.20 Å². The average molecular weight is 270 g/mol. The van der Waals surface area contributed by atoms with E-state index in [-0.39, 0.29) is 5.75 Å². The van der Waals surface area contributed by atoms with E-state index in [0.717, 1.165) is 25.0 Å². The summed E-state index contributed by atoms with van der Waals surface area (Å²) in [7, 11) is -0.915. The molecule has 102 valence electrons. The van der Waals surface area contributed by atoms with Gasteiger partial charge in [0.2, 0.25) is 0 Å². The molecule has 0 radical (unpaired) electrons. The van der Waals surface area contributed by atoms with Crippen LogP contribution in [-0.4, -0.2) is 38.5 Å². The number of rotatable bonds is 8. The lowest BCUT2D eigenvalue weighted by Crippen LogP contribution is -2.26. The van der Waals surface area contributed by atoms with E-state index < -0.39 is 9.84 Å². The number of nitrogens with zero attached hydrogens (tertiary/aromatic N) is 1. The van der Waals surface area contributed by atoms with Crippen LogP contribution in [-0.2, 0) is 16.3 Å². The van der Waals surface area contributed by atoms with Crippen molar-refractivity contribution < 1.29 is 8.42 Å². The summed E-state index contributed by atoms with van der Waals surface area (Å²) in [5, 5.41) is 3.24. The first-order valence-electron chi connectivity index (χ1n) is 6.26. The van der Waals surface area contributed by atoms with Gasteiger partial charge >= 0.3 is 0 Å². The van der Waals surface area contributed by atoms with Gasteiger partial charge in [0.1, 0.15) is 9.84 Å². The minimum Gasteiger partial charge on any atom is -0.317 e. The summed E-state index contributed by atoms with van der Waals surface area (Å²) in [6.45, 7) is 0. The molecule has 5 heteroatoms. The van der Waals surface area contributed by atoms with Gasteiger partial charge in [-0.25, -0.2) is 8.42 Å². The zero-order valence-corrected chi connectivity index (χ0v) is 11.9. The maximum Gasteiger partial charge on any atom is 0.147 e. The predicted molar refractivity (Wildman–Crippen MR) is 74.4 cm³/mol. The summed E-state index contributed by atoms with van der Waals surface area (Å²) < 4.78 is 22.1. The monoisotopic (exact) mass is 270 g/mol. The van der Waals surface area contributed by atoms with E-state index in [1.165, 1.54) is 6.26 Å². The van der Waals surface area contributed by atoms with Crippen LogP contribution in [0.25, 0.3) is 0 Å². The molecule has 1 atom stereocenters. The molecule has 0 saturated carbocycles. The number of nitrogens with one attached hydrogen (secondary N) is 1. The van der Waals surface area contributed by atoms with E-state index in [2.05, 4.69) is 10.3 Å². The molecule has 0 aliphatic rings. The highest BCUT2D eigenvalue weighted by Crippen LogP contribution is 2.07. The molecule has 0 bridgehead atoms. The SMILES string of the molecule is CNC(CCCS(C)(=O)=O)CCc1ccccn1. The first-order chi connectivity index (χ1) is 8.51. The molecule has 0 aromatic carbocycles. The Morgan fingerprint density at radius 1 is 1.33 bits per heavy atom. The fourth-order valence-corrected chi connectivity index (χ4v) is 2.58. The predicted octanol–water partition coefficient (Wildman–Crippen LogP) is 1.43. The Hall–Kier alpha value is -0.940. The minimum absolute atomic E-state index is 0.273. The molecule has 1 N–H and O–H groups in total. The van der Waals surface area contributed by atoms with Crippen molar-refractivity contribution in [2.45, 2.75) is 31.7 Å². The van der Waals surface area contributed by atoms with Crippen LogP contribution in [0.3, 0.4) is 0 Å². The van der Waals surface area contributed by atoms with Crippen molar-refractivity contribution in [1.82, 2.24) is 10.3 Å². The second-order valence-electron chi connectivity index (χ2n) is 4.62. The Labute approximate surface area is 110 Å². The third kappa shape index (κ3) is 6.71. The Morgan fingerprint density at radius 2 is 2.11 bits per heavy atom. The van der Waals surface area contributed by atoms with Gasteiger partial charge in [0.25, 0.3) is 0 Å². The molecule has 1 aromatic heterocycles. The van der Waals surface area contributed by atoms with E-state index in [4.69, 9.17) is 0 Å². The van der Waals surface area contributed by atoms with Crippen molar-refractivity contribution in [3.8, 4) is 0 Å². The molecule has 0 aliphatic heterocycles. The van der Waals surface area contributed by atoms with Gasteiger partial charge in [-0.2, -0.15) is 0 Å². The van der Waals surface area contributed by atoms with Crippen molar-refractivity contribution in [2.75, 3.05) is 19.1 Å². The number of pyridine rings is 1. The van der Waals surface area contributed by atoms with E-state index in [0.29, 0.717) is 12.5 Å². The molecule has 0 amide bonds. The first-order valence-corrected chi connectivity index (χ1v) is 8.32. The average Bonchev–Trinajstić information content (AvgIpc) is 2.33. The molecule has 1 heterocycles. The molecule has 1 aromatic rings. The summed E-state index contributed by atoms with van der Waals surface area (Å²) in [4.78, 5) is 4.28. The maximum absolute atomic E-state index is 11.1. The third-order valence-electron chi connectivity index (χ3n) is 2.95. The molecule has 18 heavy (non-hydrogen) atoms. The van der Waals surface area contributed by atoms with Gasteiger partial charge in [-0.1, -0.05) is 6.07 Å².